The summed E-state index contributed by atoms with van der Waals surface area (Å²) in [4.78, 5) is 18.2. The highest BCUT2D eigenvalue weighted by molar-refractivity contribution is 5.95. The first-order chi connectivity index (χ1) is 15.3. The molecule has 0 aliphatic carbocycles. The van der Waals surface area contributed by atoms with E-state index in [1.165, 1.54) is 6.07 Å². The lowest BCUT2D eigenvalue weighted by atomic mass is 10.2. The van der Waals surface area contributed by atoms with Crippen molar-refractivity contribution in [2.24, 2.45) is 4.99 Å². The number of hydrogen-bond acceptors (Lipinski definition) is 3. The van der Waals surface area contributed by atoms with Gasteiger partial charge in [-0.3, -0.25) is 4.79 Å². The standard InChI is InChI=1S/C23H27F3N4O2/c1-2-27-22(29-15-18-5-3-6-20(13-18)32-16-23(24,25)26)28-14-17-8-10-19(11-9-17)30-12-4-7-21(30)31/h3,5-6,8-11,13H,2,4,7,12,14-16H2,1H3,(H2,27,28,29). The van der Waals surface area contributed by atoms with Crippen molar-refractivity contribution < 1.29 is 22.7 Å². The molecule has 2 N–H and O–H groups in total. The van der Waals surface area contributed by atoms with E-state index in [9.17, 15) is 18.0 Å². The Morgan fingerprint density at radius 1 is 1.12 bits per heavy atom. The van der Waals surface area contributed by atoms with E-state index < -0.39 is 12.8 Å². The van der Waals surface area contributed by atoms with Crippen molar-refractivity contribution in [1.29, 1.82) is 0 Å². The zero-order valence-corrected chi connectivity index (χ0v) is 17.9. The molecule has 1 amide bonds. The van der Waals surface area contributed by atoms with Crippen LogP contribution in [-0.2, 0) is 17.9 Å². The fraction of sp³-hybridized carbons (Fsp3) is 0.391. The van der Waals surface area contributed by atoms with Crippen molar-refractivity contribution in [1.82, 2.24) is 10.6 Å². The number of hydrogen-bond donors (Lipinski definition) is 2. The second-order valence-electron chi connectivity index (χ2n) is 7.42. The molecule has 1 heterocycles. The average molecular weight is 448 g/mol. The molecule has 0 bridgehead atoms. The molecule has 0 unspecified atom stereocenters. The first-order valence-electron chi connectivity index (χ1n) is 10.5. The number of anilines is 1. The van der Waals surface area contributed by atoms with Gasteiger partial charge in [-0.1, -0.05) is 24.3 Å². The van der Waals surface area contributed by atoms with E-state index in [2.05, 4.69) is 15.6 Å². The van der Waals surface area contributed by atoms with E-state index in [0.717, 1.165) is 29.8 Å². The molecule has 1 aliphatic rings. The molecule has 0 aromatic heterocycles. The van der Waals surface area contributed by atoms with Crippen LogP contribution in [0.15, 0.2) is 53.5 Å². The maximum atomic E-state index is 12.3. The summed E-state index contributed by atoms with van der Waals surface area (Å²) in [6.45, 7) is 2.87. The van der Waals surface area contributed by atoms with Crippen LogP contribution in [0.2, 0.25) is 0 Å². The Hall–Kier alpha value is -3.23. The maximum absolute atomic E-state index is 12.3. The largest absolute Gasteiger partial charge is 0.484 e. The van der Waals surface area contributed by atoms with Gasteiger partial charge in [0.1, 0.15) is 5.75 Å². The number of guanidine groups is 1. The van der Waals surface area contributed by atoms with Crippen molar-refractivity contribution in [3.05, 3.63) is 59.7 Å². The van der Waals surface area contributed by atoms with Crippen molar-refractivity contribution in [2.75, 3.05) is 24.6 Å². The van der Waals surface area contributed by atoms with Gasteiger partial charge in [0, 0.05) is 31.7 Å². The zero-order valence-electron chi connectivity index (χ0n) is 17.9. The van der Waals surface area contributed by atoms with Crippen molar-refractivity contribution in [3.63, 3.8) is 0 Å². The van der Waals surface area contributed by atoms with E-state index in [0.29, 0.717) is 25.5 Å². The lowest BCUT2D eigenvalue weighted by molar-refractivity contribution is -0.153. The van der Waals surface area contributed by atoms with Crippen LogP contribution in [0.3, 0.4) is 0 Å². The molecule has 1 aliphatic heterocycles. The number of nitrogens with zero attached hydrogens (tertiary/aromatic N) is 2. The quantitative estimate of drug-likeness (QED) is 0.473. The highest BCUT2D eigenvalue weighted by Gasteiger charge is 2.28. The van der Waals surface area contributed by atoms with Crippen LogP contribution in [0, 0.1) is 0 Å². The summed E-state index contributed by atoms with van der Waals surface area (Å²) >= 11 is 0. The summed E-state index contributed by atoms with van der Waals surface area (Å²) in [6.07, 6.45) is -2.89. The van der Waals surface area contributed by atoms with Crippen molar-refractivity contribution in [2.45, 2.75) is 39.0 Å². The van der Waals surface area contributed by atoms with Crippen molar-refractivity contribution >= 4 is 17.6 Å². The Labute approximate surface area is 185 Å². The highest BCUT2D eigenvalue weighted by Crippen LogP contribution is 2.22. The third-order valence-corrected chi connectivity index (χ3v) is 4.85. The van der Waals surface area contributed by atoms with Crippen LogP contribution in [0.4, 0.5) is 18.9 Å². The van der Waals surface area contributed by atoms with Crippen LogP contribution in [-0.4, -0.2) is 37.7 Å². The van der Waals surface area contributed by atoms with E-state index in [-0.39, 0.29) is 18.2 Å². The summed E-state index contributed by atoms with van der Waals surface area (Å²) in [5, 5.41) is 6.39. The number of carbonyl (C=O) groups is 1. The molecular weight excluding hydrogens is 421 g/mol. The monoisotopic (exact) mass is 448 g/mol. The topological polar surface area (TPSA) is 66.0 Å². The smallest absolute Gasteiger partial charge is 0.422 e. The van der Waals surface area contributed by atoms with Gasteiger partial charge in [0.15, 0.2) is 12.6 Å². The fourth-order valence-electron chi connectivity index (χ4n) is 3.31. The molecule has 0 spiro atoms. The molecule has 1 fully saturated rings. The number of benzene rings is 2. The van der Waals surface area contributed by atoms with E-state index in [1.807, 2.05) is 31.2 Å². The molecule has 2 aromatic carbocycles. The Kier molecular flexibility index (Phi) is 7.97. The third-order valence-electron chi connectivity index (χ3n) is 4.85. The molecular formula is C23H27F3N4O2. The van der Waals surface area contributed by atoms with Gasteiger partial charge in [-0.15, -0.1) is 0 Å². The molecule has 0 radical (unpaired) electrons. The minimum Gasteiger partial charge on any atom is -0.484 e. The minimum atomic E-state index is -4.38. The lowest BCUT2D eigenvalue weighted by Gasteiger charge is -2.16. The van der Waals surface area contributed by atoms with Crippen LogP contribution in [0.25, 0.3) is 0 Å². The van der Waals surface area contributed by atoms with Gasteiger partial charge in [-0.2, -0.15) is 13.2 Å². The Morgan fingerprint density at radius 2 is 1.91 bits per heavy atom. The molecule has 0 atom stereocenters. The summed E-state index contributed by atoms with van der Waals surface area (Å²) in [6, 6.07) is 14.3. The number of rotatable bonds is 8. The normalized spacial score (nSPS) is 14.6. The van der Waals surface area contributed by atoms with Gasteiger partial charge in [-0.25, -0.2) is 4.99 Å². The van der Waals surface area contributed by atoms with Crippen LogP contribution in [0.5, 0.6) is 5.75 Å². The molecule has 1 saturated heterocycles. The number of amides is 1. The van der Waals surface area contributed by atoms with Gasteiger partial charge >= 0.3 is 6.18 Å². The Morgan fingerprint density at radius 3 is 2.56 bits per heavy atom. The highest BCUT2D eigenvalue weighted by atomic mass is 19.4. The maximum Gasteiger partial charge on any atom is 0.422 e. The summed E-state index contributed by atoms with van der Waals surface area (Å²) in [5.41, 5.74) is 2.68. The van der Waals surface area contributed by atoms with Crippen LogP contribution in [0.1, 0.15) is 30.9 Å². The van der Waals surface area contributed by atoms with Gasteiger partial charge in [0.2, 0.25) is 5.91 Å². The zero-order chi connectivity index (χ0) is 23.0. The number of alkyl halides is 3. The number of aliphatic imine (C=N–C) groups is 1. The van der Waals surface area contributed by atoms with Gasteiger partial charge in [0.05, 0.1) is 6.54 Å². The molecule has 3 rings (SSSR count). The second kappa shape index (κ2) is 10.9. The number of halogens is 3. The van der Waals surface area contributed by atoms with E-state index in [1.54, 1.807) is 23.1 Å². The fourth-order valence-corrected chi connectivity index (χ4v) is 3.31. The lowest BCUT2D eigenvalue weighted by Crippen LogP contribution is -2.36. The van der Waals surface area contributed by atoms with Gasteiger partial charge < -0.3 is 20.3 Å². The molecule has 32 heavy (non-hydrogen) atoms. The van der Waals surface area contributed by atoms with E-state index in [4.69, 9.17) is 4.74 Å². The molecule has 9 heteroatoms. The first-order valence-corrected chi connectivity index (χ1v) is 10.5. The molecule has 0 saturated carbocycles. The average Bonchev–Trinajstić information content (AvgIpc) is 3.20. The minimum absolute atomic E-state index is 0.157. The summed E-state index contributed by atoms with van der Waals surface area (Å²) in [7, 11) is 0. The molecule has 6 nitrogen and oxygen atoms in total. The van der Waals surface area contributed by atoms with Crippen LogP contribution >= 0.6 is 0 Å². The van der Waals surface area contributed by atoms with E-state index >= 15 is 0 Å². The Balaban J connectivity index is 1.56. The third kappa shape index (κ3) is 7.18. The summed E-state index contributed by atoms with van der Waals surface area (Å²) in [5.74, 6) is 0.905. The molecule has 2 aromatic rings. The number of carbonyl (C=O) groups excluding carboxylic acids is 1. The second-order valence-corrected chi connectivity index (χ2v) is 7.42. The number of ether oxygens (including phenoxy) is 1. The molecule has 172 valence electrons. The first kappa shape index (κ1) is 23.4. The SMILES string of the molecule is CCNC(=NCc1cccc(OCC(F)(F)F)c1)NCc1ccc(N2CCCC2=O)cc1. The predicted molar refractivity (Wildman–Crippen MR) is 118 cm³/mol. The predicted octanol–water partition coefficient (Wildman–Crippen LogP) is 4.01. The van der Waals surface area contributed by atoms with Gasteiger partial charge in [-0.05, 0) is 48.7 Å². The Bertz CT molecular complexity index is 930. The van der Waals surface area contributed by atoms with Gasteiger partial charge in [0.25, 0.3) is 0 Å². The number of nitrogens with one attached hydrogen (secondary N) is 2. The summed E-state index contributed by atoms with van der Waals surface area (Å²) < 4.78 is 41.8. The van der Waals surface area contributed by atoms with Crippen molar-refractivity contribution in [3.8, 4) is 5.75 Å². The van der Waals surface area contributed by atoms with Crippen LogP contribution < -0.4 is 20.3 Å².